The van der Waals surface area contributed by atoms with E-state index in [9.17, 15) is 5.11 Å². The molecule has 0 radical (unpaired) electrons. The molecule has 0 amide bonds. The molecule has 0 fully saturated rings. The van der Waals surface area contributed by atoms with E-state index in [2.05, 4.69) is 0 Å². The van der Waals surface area contributed by atoms with Crippen molar-refractivity contribution in [2.75, 3.05) is 0 Å². The third-order valence-electron chi connectivity index (χ3n) is 2.99. The van der Waals surface area contributed by atoms with Crippen LogP contribution in [-0.2, 0) is 0 Å². The summed E-state index contributed by atoms with van der Waals surface area (Å²) in [5.74, 6) is 0.356. The molecule has 0 aliphatic carbocycles. The highest BCUT2D eigenvalue weighted by Crippen LogP contribution is 2.35. The van der Waals surface area contributed by atoms with Gasteiger partial charge in [-0.2, -0.15) is 0 Å². The number of phenols is 1. The van der Waals surface area contributed by atoms with Crippen LogP contribution >= 0.6 is 0 Å². The number of benzene rings is 3. The Kier molecular flexibility index (Phi) is 2.30. The van der Waals surface area contributed by atoms with Gasteiger partial charge in [0.1, 0.15) is 5.75 Å². The minimum absolute atomic E-state index is 0.356. The summed E-state index contributed by atoms with van der Waals surface area (Å²) in [5, 5.41) is 12.3. The Morgan fingerprint density at radius 1 is 0.647 bits per heavy atom. The first-order chi connectivity index (χ1) is 8.36. The van der Waals surface area contributed by atoms with Gasteiger partial charge in [0.2, 0.25) is 0 Å². The van der Waals surface area contributed by atoms with Crippen LogP contribution < -0.4 is 0 Å². The largest absolute Gasteiger partial charge is 0.507 e. The normalized spacial score (nSPS) is 10.6. The standard InChI is InChI=1S/C16H12O/c17-16-14-9-5-4-8-13(14)10-11-15(16)12-6-2-1-3-7-12/h1-11,17H. The fourth-order valence-corrected chi connectivity index (χ4v) is 2.11. The lowest BCUT2D eigenvalue weighted by Crippen LogP contribution is -1.80. The van der Waals surface area contributed by atoms with Crippen molar-refractivity contribution in [3.05, 3.63) is 66.7 Å². The highest BCUT2D eigenvalue weighted by Gasteiger charge is 2.07. The molecule has 3 rings (SSSR count). The van der Waals surface area contributed by atoms with Gasteiger partial charge in [-0.15, -0.1) is 0 Å². The number of fused-ring (bicyclic) bond motifs is 1. The second-order valence-corrected chi connectivity index (χ2v) is 4.05. The summed E-state index contributed by atoms with van der Waals surface area (Å²) in [5.41, 5.74) is 1.92. The van der Waals surface area contributed by atoms with Crippen molar-refractivity contribution in [3.8, 4) is 16.9 Å². The average Bonchev–Trinajstić information content (AvgIpc) is 2.40. The molecule has 0 aliphatic rings. The van der Waals surface area contributed by atoms with E-state index in [0.29, 0.717) is 5.75 Å². The van der Waals surface area contributed by atoms with E-state index < -0.39 is 0 Å². The zero-order chi connectivity index (χ0) is 11.7. The molecule has 3 aromatic rings. The first kappa shape index (κ1) is 9.91. The van der Waals surface area contributed by atoms with Crippen LogP contribution in [0, 0.1) is 0 Å². The molecular formula is C16H12O. The van der Waals surface area contributed by atoms with Gasteiger partial charge in [-0.05, 0) is 10.9 Å². The molecule has 0 spiro atoms. The van der Waals surface area contributed by atoms with Gasteiger partial charge < -0.3 is 5.11 Å². The Hall–Kier alpha value is -2.28. The summed E-state index contributed by atoms with van der Waals surface area (Å²) in [6.07, 6.45) is 0. The van der Waals surface area contributed by atoms with Gasteiger partial charge in [0.05, 0.1) is 0 Å². The fourth-order valence-electron chi connectivity index (χ4n) is 2.11. The second kappa shape index (κ2) is 3.95. The van der Waals surface area contributed by atoms with E-state index >= 15 is 0 Å². The van der Waals surface area contributed by atoms with Crippen LogP contribution in [0.25, 0.3) is 21.9 Å². The molecule has 0 heterocycles. The van der Waals surface area contributed by atoms with Crippen molar-refractivity contribution in [2.45, 2.75) is 0 Å². The lowest BCUT2D eigenvalue weighted by atomic mass is 10.00. The van der Waals surface area contributed by atoms with Gasteiger partial charge >= 0.3 is 0 Å². The van der Waals surface area contributed by atoms with Gasteiger partial charge in [0, 0.05) is 10.9 Å². The van der Waals surface area contributed by atoms with Crippen molar-refractivity contribution in [3.63, 3.8) is 0 Å². The lowest BCUT2D eigenvalue weighted by molar-refractivity contribution is 0.483. The van der Waals surface area contributed by atoms with Crippen LogP contribution in [0.4, 0.5) is 0 Å². The van der Waals surface area contributed by atoms with Gasteiger partial charge in [-0.25, -0.2) is 0 Å². The molecule has 0 bridgehead atoms. The highest BCUT2D eigenvalue weighted by molar-refractivity contribution is 5.94. The number of aromatic hydroxyl groups is 1. The van der Waals surface area contributed by atoms with Crippen LogP contribution in [0.1, 0.15) is 0 Å². The molecule has 1 heteroatoms. The van der Waals surface area contributed by atoms with Gasteiger partial charge in [0.25, 0.3) is 0 Å². The molecule has 17 heavy (non-hydrogen) atoms. The van der Waals surface area contributed by atoms with Crippen LogP contribution in [0.15, 0.2) is 66.7 Å². The van der Waals surface area contributed by atoms with Crippen molar-refractivity contribution in [1.29, 1.82) is 0 Å². The van der Waals surface area contributed by atoms with Crippen molar-refractivity contribution in [1.82, 2.24) is 0 Å². The predicted molar refractivity (Wildman–Crippen MR) is 71.0 cm³/mol. The van der Waals surface area contributed by atoms with Crippen LogP contribution in [0.2, 0.25) is 0 Å². The fraction of sp³-hybridized carbons (Fsp3) is 0. The van der Waals surface area contributed by atoms with Crippen LogP contribution in [0.5, 0.6) is 5.75 Å². The molecule has 3 aromatic carbocycles. The highest BCUT2D eigenvalue weighted by atomic mass is 16.3. The molecule has 0 atom stereocenters. The second-order valence-electron chi connectivity index (χ2n) is 4.05. The van der Waals surface area contributed by atoms with Gasteiger partial charge in [-0.1, -0.05) is 66.7 Å². The monoisotopic (exact) mass is 220 g/mol. The molecule has 82 valence electrons. The lowest BCUT2D eigenvalue weighted by Gasteiger charge is -2.07. The topological polar surface area (TPSA) is 20.2 Å². The minimum atomic E-state index is 0.356. The molecule has 0 aromatic heterocycles. The number of rotatable bonds is 1. The van der Waals surface area contributed by atoms with Crippen molar-refractivity contribution < 1.29 is 5.11 Å². The van der Waals surface area contributed by atoms with Crippen molar-refractivity contribution in [2.24, 2.45) is 0 Å². The van der Waals surface area contributed by atoms with E-state index in [0.717, 1.165) is 21.9 Å². The zero-order valence-corrected chi connectivity index (χ0v) is 9.30. The smallest absolute Gasteiger partial charge is 0.131 e. The Morgan fingerprint density at radius 2 is 1.35 bits per heavy atom. The molecule has 0 unspecified atom stereocenters. The Morgan fingerprint density at radius 3 is 2.18 bits per heavy atom. The summed E-state index contributed by atoms with van der Waals surface area (Å²) >= 11 is 0. The maximum Gasteiger partial charge on any atom is 0.131 e. The van der Waals surface area contributed by atoms with Gasteiger partial charge in [-0.3, -0.25) is 0 Å². The summed E-state index contributed by atoms with van der Waals surface area (Å²) < 4.78 is 0. The molecule has 1 nitrogen and oxygen atoms in total. The first-order valence-corrected chi connectivity index (χ1v) is 5.62. The van der Waals surface area contributed by atoms with Crippen LogP contribution in [-0.4, -0.2) is 5.11 Å². The Balaban J connectivity index is 2.29. The third-order valence-corrected chi connectivity index (χ3v) is 2.99. The molecule has 0 saturated carbocycles. The summed E-state index contributed by atoms with van der Waals surface area (Å²) in [4.78, 5) is 0. The number of phenolic OH excluding ortho intramolecular Hbond substituents is 1. The SMILES string of the molecule is Oc1c(-c2ccccc2)ccc2ccccc12. The zero-order valence-electron chi connectivity index (χ0n) is 9.30. The average molecular weight is 220 g/mol. The molecular weight excluding hydrogens is 208 g/mol. The Labute approximate surface area is 100.0 Å². The summed E-state index contributed by atoms with van der Waals surface area (Å²) in [6, 6.07) is 21.8. The van der Waals surface area contributed by atoms with Crippen LogP contribution in [0.3, 0.4) is 0 Å². The van der Waals surface area contributed by atoms with Gasteiger partial charge in [0.15, 0.2) is 0 Å². The molecule has 0 saturated heterocycles. The first-order valence-electron chi connectivity index (χ1n) is 5.62. The predicted octanol–water partition coefficient (Wildman–Crippen LogP) is 4.21. The summed E-state index contributed by atoms with van der Waals surface area (Å²) in [7, 11) is 0. The third kappa shape index (κ3) is 1.66. The minimum Gasteiger partial charge on any atom is -0.507 e. The van der Waals surface area contributed by atoms with Crippen molar-refractivity contribution >= 4 is 10.8 Å². The number of hydrogen-bond acceptors (Lipinski definition) is 1. The van der Waals surface area contributed by atoms with E-state index in [1.807, 2.05) is 66.7 Å². The maximum absolute atomic E-state index is 10.3. The van der Waals surface area contributed by atoms with E-state index in [1.54, 1.807) is 0 Å². The maximum atomic E-state index is 10.3. The number of hydrogen-bond donors (Lipinski definition) is 1. The molecule has 1 N–H and O–H groups in total. The van der Waals surface area contributed by atoms with E-state index in [4.69, 9.17) is 0 Å². The summed E-state index contributed by atoms with van der Waals surface area (Å²) in [6.45, 7) is 0. The Bertz CT molecular complexity index is 657. The van der Waals surface area contributed by atoms with E-state index in [1.165, 1.54) is 0 Å². The van der Waals surface area contributed by atoms with E-state index in [-0.39, 0.29) is 0 Å². The molecule has 0 aliphatic heterocycles. The quantitative estimate of drug-likeness (QED) is 0.651.